The summed E-state index contributed by atoms with van der Waals surface area (Å²) < 4.78 is 4.78. The molecule has 1 atom stereocenters. The van der Waals surface area contributed by atoms with Gasteiger partial charge < -0.3 is 9.64 Å². The minimum Gasteiger partial charge on any atom is -0.468 e. The molecule has 1 aliphatic carbocycles. The summed E-state index contributed by atoms with van der Waals surface area (Å²) in [5.41, 5.74) is 0. The van der Waals surface area contributed by atoms with E-state index in [0.717, 1.165) is 26.2 Å². The summed E-state index contributed by atoms with van der Waals surface area (Å²) in [6.45, 7) is 4.84. The second-order valence-corrected chi connectivity index (χ2v) is 6.32. The van der Waals surface area contributed by atoms with Gasteiger partial charge in [-0.25, -0.2) is 0 Å². The van der Waals surface area contributed by atoms with Crippen molar-refractivity contribution in [2.45, 2.75) is 51.5 Å². The van der Waals surface area contributed by atoms with Gasteiger partial charge in [0.25, 0.3) is 0 Å². The monoisotopic (exact) mass is 296 g/mol. The Morgan fingerprint density at radius 3 is 2.29 bits per heavy atom. The van der Waals surface area contributed by atoms with Crippen molar-refractivity contribution < 1.29 is 14.3 Å². The number of amides is 1. The number of esters is 1. The van der Waals surface area contributed by atoms with Gasteiger partial charge in [-0.15, -0.1) is 0 Å². The predicted octanol–water partition coefficient (Wildman–Crippen LogP) is 1.66. The lowest BCUT2D eigenvalue weighted by Crippen LogP contribution is -2.53. The first-order valence-electron chi connectivity index (χ1n) is 8.21. The van der Waals surface area contributed by atoms with Crippen LogP contribution in [0.15, 0.2) is 0 Å². The van der Waals surface area contributed by atoms with E-state index in [-0.39, 0.29) is 12.0 Å². The molecule has 0 radical (unpaired) electrons. The van der Waals surface area contributed by atoms with Crippen molar-refractivity contribution in [2.24, 2.45) is 5.92 Å². The molecule has 1 saturated heterocycles. The van der Waals surface area contributed by atoms with E-state index in [4.69, 9.17) is 4.74 Å². The van der Waals surface area contributed by atoms with E-state index in [1.165, 1.54) is 39.2 Å². The third-order valence-electron chi connectivity index (χ3n) is 4.95. The Balaban J connectivity index is 1.75. The quantitative estimate of drug-likeness (QED) is 0.740. The van der Waals surface area contributed by atoms with Gasteiger partial charge in [-0.2, -0.15) is 0 Å². The van der Waals surface area contributed by atoms with Crippen LogP contribution in [0, 0.1) is 5.92 Å². The van der Waals surface area contributed by atoms with Crippen LogP contribution >= 0.6 is 0 Å². The lowest BCUT2D eigenvalue weighted by molar-refractivity contribution is -0.147. The fourth-order valence-electron chi connectivity index (χ4n) is 3.45. The zero-order valence-corrected chi connectivity index (χ0v) is 13.3. The Morgan fingerprint density at radius 2 is 1.71 bits per heavy atom. The summed E-state index contributed by atoms with van der Waals surface area (Å²) in [4.78, 5) is 28.0. The molecule has 0 N–H and O–H groups in total. The van der Waals surface area contributed by atoms with Crippen molar-refractivity contribution in [2.75, 3.05) is 33.3 Å². The maximum atomic E-state index is 12.3. The van der Waals surface area contributed by atoms with Crippen LogP contribution in [0.1, 0.15) is 45.4 Å². The summed E-state index contributed by atoms with van der Waals surface area (Å²) in [5, 5.41) is 0. The number of methoxy groups -OCH3 is 1. The predicted molar refractivity (Wildman–Crippen MR) is 80.8 cm³/mol. The molecule has 0 bridgehead atoms. The lowest BCUT2D eigenvalue weighted by atomic mass is 9.86. The summed E-state index contributed by atoms with van der Waals surface area (Å²) in [5.74, 6) is 0.697. The van der Waals surface area contributed by atoms with Crippen LogP contribution in [0.3, 0.4) is 0 Å². The molecule has 1 amide bonds. The Hall–Kier alpha value is -1.10. The van der Waals surface area contributed by atoms with Crippen molar-refractivity contribution in [3.63, 3.8) is 0 Å². The number of carbonyl (C=O) groups excluding carboxylic acids is 2. The molecule has 0 aromatic rings. The molecular weight excluding hydrogens is 268 g/mol. The van der Waals surface area contributed by atoms with Crippen LogP contribution in [0.2, 0.25) is 0 Å². The maximum Gasteiger partial charge on any atom is 0.322 e. The molecule has 2 aliphatic rings. The van der Waals surface area contributed by atoms with Crippen molar-refractivity contribution in [3.8, 4) is 0 Å². The SMILES string of the molecule is COC(=O)[C@H](C)N1CCN(C(=O)CC2CCCCC2)CC1. The molecular formula is C16H28N2O3. The first-order chi connectivity index (χ1) is 10.1. The van der Waals surface area contributed by atoms with Crippen LogP contribution < -0.4 is 0 Å². The molecule has 0 aromatic heterocycles. The number of hydrogen-bond acceptors (Lipinski definition) is 4. The smallest absolute Gasteiger partial charge is 0.322 e. The van der Waals surface area contributed by atoms with E-state index < -0.39 is 0 Å². The molecule has 0 aromatic carbocycles. The van der Waals surface area contributed by atoms with E-state index in [0.29, 0.717) is 18.2 Å². The van der Waals surface area contributed by atoms with Crippen molar-refractivity contribution in [3.05, 3.63) is 0 Å². The molecule has 21 heavy (non-hydrogen) atoms. The topological polar surface area (TPSA) is 49.9 Å². The van der Waals surface area contributed by atoms with Gasteiger partial charge in [0.1, 0.15) is 6.04 Å². The van der Waals surface area contributed by atoms with Gasteiger partial charge >= 0.3 is 5.97 Å². The van der Waals surface area contributed by atoms with Gasteiger partial charge in [0.05, 0.1) is 7.11 Å². The lowest BCUT2D eigenvalue weighted by Gasteiger charge is -2.37. The molecule has 0 spiro atoms. The molecule has 0 unspecified atom stereocenters. The number of rotatable bonds is 4. The zero-order valence-electron chi connectivity index (χ0n) is 13.3. The molecule has 2 rings (SSSR count). The third kappa shape index (κ3) is 4.43. The highest BCUT2D eigenvalue weighted by Gasteiger charge is 2.28. The number of hydrogen-bond donors (Lipinski definition) is 0. The molecule has 1 heterocycles. The Labute approximate surface area is 127 Å². The summed E-state index contributed by atoms with van der Waals surface area (Å²) in [7, 11) is 1.42. The average molecular weight is 296 g/mol. The van der Waals surface area contributed by atoms with Crippen LogP contribution in [0.5, 0.6) is 0 Å². The number of piperazine rings is 1. The van der Waals surface area contributed by atoms with Crippen molar-refractivity contribution in [1.82, 2.24) is 9.80 Å². The van der Waals surface area contributed by atoms with E-state index in [1.54, 1.807) is 0 Å². The summed E-state index contributed by atoms with van der Waals surface area (Å²) >= 11 is 0. The second-order valence-electron chi connectivity index (χ2n) is 6.32. The number of ether oxygens (including phenoxy) is 1. The van der Waals surface area contributed by atoms with Crippen LogP contribution in [-0.4, -0.2) is 61.0 Å². The normalized spacial score (nSPS) is 22.9. The van der Waals surface area contributed by atoms with E-state index in [9.17, 15) is 9.59 Å². The highest BCUT2D eigenvalue weighted by molar-refractivity contribution is 5.77. The standard InChI is InChI=1S/C16H28N2O3/c1-13(16(20)21-2)17-8-10-18(11-9-17)15(19)12-14-6-4-3-5-7-14/h13-14H,3-12H2,1-2H3/t13-/m0/s1. The Bertz CT molecular complexity index is 359. The second kappa shape index (κ2) is 7.78. The third-order valence-corrected chi connectivity index (χ3v) is 4.95. The van der Waals surface area contributed by atoms with Gasteiger partial charge in [-0.1, -0.05) is 19.3 Å². The molecule has 5 heteroatoms. The first-order valence-corrected chi connectivity index (χ1v) is 8.21. The van der Waals surface area contributed by atoms with E-state index in [1.807, 2.05) is 11.8 Å². The Morgan fingerprint density at radius 1 is 1.10 bits per heavy atom. The fourth-order valence-corrected chi connectivity index (χ4v) is 3.45. The van der Waals surface area contributed by atoms with Gasteiger partial charge in [-0.3, -0.25) is 14.5 Å². The maximum absolute atomic E-state index is 12.3. The molecule has 120 valence electrons. The van der Waals surface area contributed by atoms with Crippen LogP contribution in [-0.2, 0) is 14.3 Å². The van der Waals surface area contributed by atoms with Gasteiger partial charge in [0.15, 0.2) is 0 Å². The van der Waals surface area contributed by atoms with Gasteiger partial charge in [-0.05, 0) is 25.7 Å². The minimum atomic E-state index is -0.217. The summed E-state index contributed by atoms with van der Waals surface area (Å²) in [6.07, 6.45) is 7.03. The molecule has 1 aliphatic heterocycles. The summed E-state index contributed by atoms with van der Waals surface area (Å²) in [6, 6.07) is -0.217. The molecule has 5 nitrogen and oxygen atoms in total. The number of carbonyl (C=O) groups is 2. The highest BCUT2D eigenvalue weighted by atomic mass is 16.5. The van der Waals surface area contributed by atoms with E-state index in [2.05, 4.69) is 4.90 Å². The van der Waals surface area contributed by atoms with Gasteiger partial charge in [0, 0.05) is 32.6 Å². The largest absolute Gasteiger partial charge is 0.468 e. The number of nitrogens with zero attached hydrogens (tertiary/aromatic N) is 2. The zero-order chi connectivity index (χ0) is 15.2. The van der Waals surface area contributed by atoms with Crippen LogP contribution in [0.4, 0.5) is 0 Å². The first kappa shape index (κ1) is 16.3. The highest BCUT2D eigenvalue weighted by Crippen LogP contribution is 2.27. The van der Waals surface area contributed by atoms with E-state index >= 15 is 0 Å². The Kier molecular flexibility index (Phi) is 6.03. The van der Waals surface area contributed by atoms with Crippen molar-refractivity contribution >= 4 is 11.9 Å². The van der Waals surface area contributed by atoms with Crippen molar-refractivity contribution in [1.29, 1.82) is 0 Å². The minimum absolute atomic E-state index is 0.197. The average Bonchev–Trinajstić information content (AvgIpc) is 2.54. The fraction of sp³-hybridized carbons (Fsp3) is 0.875. The van der Waals surface area contributed by atoms with Gasteiger partial charge in [0.2, 0.25) is 5.91 Å². The van der Waals surface area contributed by atoms with Crippen LogP contribution in [0.25, 0.3) is 0 Å². The molecule has 2 fully saturated rings. The molecule has 1 saturated carbocycles.